The van der Waals surface area contributed by atoms with Gasteiger partial charge in [-0.2, -0.15) is 0 Å². The van der Waals surface area contributed by atoms with Crippen molar-refractivity contribution >= 4 is 45.2 Å². The number of fused-ring (bicyclic) bond motifs is 2. The molecule has 1 aliphatic rings. The summed E-state index contributed by atoms with van der Waals surface area (Å²) in [5, 5.41) is 14.7. The molecule has 0 amide bonds. The summed E-state index contributed by atoms with van der Waals surface area (Å²) in [6, 6.07) is 5.86. The maximum absolute atomic E-state index is 9.55. The van der Waals surface area contributed by atoms with E-state index in [0.29, 0.717) is 22.4 Å². The Morgan fingerprint density at radius 2 is 2.10 bits per heavy atom. The minimum absolute atomic E-state index is 0.0872. The maximum Gasteiger partial charge on any atom is 0.182 e. The van der Waals surface area contributed by atoms with Crippen LogP contribution in [0.5, 0.6) is 0 Å². The number of rotatable bonds is 5. The minimum Gasteiger partial charge on any atom is -0.396 e. The Labute approximate surface area is 184 Å². The van der Waals surface area contributed by atoms with Crippen LogP contribution < -0.4 is 10.2 Å². The monoisotopic (exact) mass is 437 g/mol. The lowest BCUT2D eigenvalue weighted by atomic mass is 9.95. The number of aliphatic hydroxyl groups is 1. The van der Waals surface area contributed by atoms with Crippen LogP contribution in [0.2, 0.25) is 5.02 Å². The summed E-state index contributed by atoms with van der Waals surface area (Å²) in [5.74, 6) is 1.05. The molecule has 1 fully saturated rings. The number of hydrogen-bond donors (Lipinski definition) is 3. The zero-order valence-electron chi connectivity index (χ0n) is 17.2. The number of nitrogens with zero attached hydrogens (tertiary/aromatic N) is 5. The van der Waals surface area contributed by atoms with Crippen molar-refractivity contribution in [3.63, 3.8) is 0 Å². The van der Waals surface area contributed by atoms with Gasteiger partial charge in [-0.3, -0.25) is 4.98 Å². The first kappa shape index (κ1) is 20.0. The van der Waals surface area contributed by atoms with Crippen molar-refractivity contribution in [3.05, 3.63) is 47.6 Å². The predicted molar refractivity (Wildman–Crippen MR) is 122 cm³/mol. The zero-order chi connectivity index (χ0) is 21.4. The van der Waals surface area contributed by atoms with Crippen LogP contribution in [0.3, 0.4) is 0 Å². The zero-order valence-corrected chi connectivity index (χ0v) is 18.0. The molecular weight excluding hydrogens is 414 g/mol. The SMILES string of the molecule is CC(Nc1ncnc2nc[nH]c12)c1cc(Cl)c2cccnc2c1N1CCC(CO)CC1. The topological polar surface area (TPSA) is 103 Å². The van der Waals surface area contributed by atoms with Crippen molar-refractivity contribution in [2.24, 2.45) is 5.92 Å². The Balaban J connectivity index is 1.58. The lowest BCUT2D eigenvalue weighted by molar-refractivity contribution is 0.203. The molecule has 1 saturated heterocycles. The molecular formula is C22H24ClN7O. The summed E-state index contributed by atoms with van der Waals surface area (Å²) >= 11 is 6.68. The van der Waals surface area contributed by atoms with Gasteiger partial charge >= 0.3 is 0 Å². The van der Waals surface area contributed by atoms with Crippen molar-refractivity contribution in [2.75, 3.05) is 29.9 Å². The average molecular weight is 438 g/mol. The van der Waals surface area contributed by atoms with E-state index in [0.717, 1.165) is 53.6 Å². The highest BCUT2D eigenvalue weighted by molar-refractivity contribution is 6.36. The molecule has 4 aromatic rings. The number of benzene rings is 1. The first-order valence-electron chi connectivity index (χ1n) is 10.5. The van der Waals surface area contributed by atoms with E-state index < -0.39 is 0 Å². The fourth-order valence-electron chi connectivity index (χ4n) is 4.36. The van der Waals surface area contributed by atoms with Crippen molar-refractivity contribution in [1.82, 2.24) is 24.9 Å². The molecule has 0 spiro atoms. The molecule has 0 bridgehead atoms. The number of pyridine rings is 1. The van der Waals surface area contributed by atoms with E-state index in [1.165, 1.54) is 6.33 Å². The van der Waals surface area contributed by atoms with Gasteiger partial charge in [0, 0.05) is 36.8 Å². The summed E-state index contributed by atoms with van der Waals surface area (Å²) in [5.41, 5.74) is 4.44. The van der Waals surface area contributed by atoms with Crippen molar-refractivity contribution < 1.29 is 5.11 Å². The fraction of sp³-hybridized carbons (Fsp3) is 0.364. The second-order valence-corrected chi connectivity index (χ2v) is 8.41. The number of nitrogens with one attached hydrogen (secondary N) is 2. The normalized spacial score (nSPS) is 16.2. The highest BCUT2D eigenvalue weighted by Gasteiger charge is 2.26. The lowest BCUT2D eigenvalue weighted by Crippen LogP contribution is -2.36. The molecule has 0 radical (unpaired) electrons. The Morgan fingerprint density at radius 3 is 2.90 bits per heavy atom. The Morgan fingerprint density at radius 1 is 1.26 bits per heavy atom. The van der Waals surface area contributed by atoms with Gasteiger partial charge in [0.05, 0.1) is 28.6 Å². The first-order chi connectivity index (χ1) is 15.2. The number of halogens is 1. The quantitative estimate of drug-likeness (QED) is 0.434. The van der Waals surface area contributed by atoms with Gasteiger partial charge in [0.1, 0.15) is 11.8 Å². The third-order valence-electron chi connectivity index (χ3n) is 6.08. The Hall–Kier alpha value is -2.97. The number of hydrogen-bond acceptors (Lipinski definition) is 7. The Kier molecular flexibility index (Phi) is 5.33. The summed E-state index contributed by atoms with van der Waals surface area (Å²) < 4.78 is 0. The standard InChI is InChI=1S/C22H24ClN7O/c1-13(29-22-19-21(26-11-25-19)27-12-28-22)16-9-17(23)15-3-2-6-24-18(15)20(16)30-7-4-14(10-31)5-8-30/h2-3,6,9,11-14,31H,4-5,7-8,10H2,1H3,(H2,25,26,27,28,29). The molecule has 3 N–H and O–H groups in total. The van der Waals surface area contributed by atoms with Crippen LogP contribution in [-0.2, 0) is 0 Å². The number of anilines is 2. The van der Waals surface area contributed by atoms with E-state index in [2.05, 4.69) is 37.1 Å². The average Bonchev–Trinajstić information content (AvgIpc) is 3.29. The van der Waals surface area contributed by atoms with E-state index in [4.69, 9.17) is 16.6 Å². The predicted octanol–water partition coefficient (Wildman–Crippen LogP) is 3.94. The highest BCUT2D eigenvalue weighted by Crippen LogP contribution is 2.40. The summed E-state index contributed by atoms with van der Waals surface area (Å²) in [4.78, 5) is 23.0. The van der Waals surface area contributed by atoms with Gasteiger partial charge < -0.3 is 20.3 Å². The number of H-pyrrole nitrogens is 1. The maximum atomic E-state index is 9.55. The Bertz CT molecular complexity index is 1220. The largest absolute Gasteiger partial charge is 0.396 e. The van der Waals surface area contributed by atoms with Gasteiger partial charge in [-0.05, 0) is 43.9 Å². The number of aliphatic hydroxyl groups excluding tert-OH is 1. The van der Waals surface area contributed by atoms with Gasteiger partial charge in [0.25, 0.3) is 0 Å². The van der Waals surface area contributed by atoms with Crippen LogP contribution in [0.25, 0.3) is 22.1 Å². The van der Waals surface area contributed by atoms with Crippen molar-refractivity contribution in [2.45, 2.75) is 25.8 Å². The number of piperidine rings is 1. The van der Waals surface area contributed by atoms with Crippen LogP contribution in [-0.4, -0.2) is 49.7 Å². The molecule has 5 rings (SSSR count). The second kappa shape index (κ2) is 8.28. The van der Waals surface area contributed by atoms with E-state index in [9.17, 15) is 5.11 Å². The van der Waals surface area contributed by atoms with Crippen LogP contribution >= 0.6 is 11.6 Å². The van der Waals surface area contributed by atoms with E-state index in [1.807, 2.05) is 24.4 Å². The van der Waals surface area contributed by atoms with Gasteiger partial charge in [-0.15, -0.1) is 0 Å². The molecule has 1 atom stereocenters. The van der Waals surface area contributed by atoms with Crippen LogP contribution in [0.4, 0.5) is 11.5 Å². The number of aromatic nitrogens is 5. The molecule has 1 aliphatic heterocycles. The van der Waals surface area contributed by atoms with Gasteiger partial charge in [0.2, 0.25) is 0 Å². The fourth-order valence-corrected chi connectivity index (χ4v) is 4.64. The summed E-state index contributed by atoms with van der Waals surface area (Å²) in [6.07, 6.45) is 6.84. The summed E-state index contributed by atoms with van der Waals surface area (Å²) in [6.45, 7) is 4.08. The molecule has 1 unspecified atom stereocenters. The van der Waals surface area contributed by atoms with Gasteiger partial charge in [-0.25, -0.2) is 15.0 Å². The molecule has 8 nitrogen and oxygen atoms in total. The molecule has 0 aliphatic carbocycles. The molecule has 1 aromatic carbocycles. The van der Waals surface area contributed by atoms with Crippen molar-refractivity contribution in [1.29, 1.82) is 0 Å². The molecule has 4 heterocycles. The van der Waals surface area contributed by atoms with Crippen molar-refractivity contribution in [3.8, 4) is 0 Å². The van der Waals surface area contributed by atoms with E-state index in [1.54, 1.807) is 6.33 Å². The van der Waals surface area contributed by atoms with E-state index >= 15 is 0 Å². The highest BCUT2D eigenvalue weighted by atomic mass is 35.5. The van der Waals surface area contributed by atoms with Gasteiger partial charge in [-0.1, -0.05) is 11.6 Å². The lowest BCUT2D eigenvalue weighted by Gasteiger charge is -2.35. The third kappa shape index (κ3) is 3.66. The first-order valence-corrected chi connectivity index (χ1v) is 10.9. The van der Waals surface area contributed by atoms with Crippen LogP contribution in [0, 0.1) is 5.92 Å². The second-order valence-electron chi connectivity index (χ2n) is 8.00. The minimum atomic E-state index is -0.0872. The number of aromatic amines is 1. The molecule has 160 valence electrons. The third-order valence-corrected chi connectivity index (χ3v) is 6.39. The smallest absolute Gasteiger partial charge is 0.182 e. The molecule has 31 heavy (non-hydrogen) atoms. The molecule has 0 saturated carbocycles. The molecule has 3 aromatic heterocycles. The molecule has 9 heteroatoms. The van der Waals surface area contributed by atoms with Crippen LogP contribution in [0.15, 0.2) is 37.1 Å². The summed E-state index contributed by atoms with van der Waals surface area (Å²) in [7, 11) is 0. The number of imidazole rings is 1. The van der Waals surface area contributed by atoms with Gasteiger partial charge in [0.15, 0.2) is 11.5 Å². The van der Waals surface area contributed by atoms with E-state index in [-0.39, 0.29) is 12.6 Å². The van der Waals surface area contributed by atoms with Crippen LogP contribution in [0.1, 0.15) is 31.4 Å².